The summed E-state index contributed by atoms with van der Waals surface area (Å²) in [7, 11) is 1.83. The van der Waals surface area contributed by atoms with E-state index < -0.39 is 0 Å². The predicted molar refractivity (Wildman–Crippen MR) is 93.0 cm³/mol. The van der Waals surface area contributed by atoms with E-state index in [1.807, 2.05) is 44.3 Å². The summed E-state index contributed by atoms with van der Waals surface area (Å²) in [6.07, 6.45) is 0. The molecule has 0 unspecified atom stereocenters. The summed E-state index contributed by atoms with van der Waals surface area (Å²) in [4.78, 5) is 14.3. The summed E-state index contributed by atoms with van der Waals surface area (Å²) in [5, 5.41) is 2.77. The number of fused-ring (bicyclic) bond motifs is 1. The van der Waals surface area contributed by atoms with Crippen molar-refractivity contribution in [1.29, 1.82) is 0 Å². The van der Waals surface area contributed by atoms with Crippen LogP contribution in [0, 0.1) is 0 Å². The van der Waals surface area contributed by atoms with Crippen LogP contribution in [0.4, 0.5) is 0 Å². The molecule has 0 aliphatic rings. The second-order valence-electron chi connectivity index (χ2n) is 5.24. The third-order valence-corrected chi connectivity index (χ3v) is 4.88. The van der Waals surface area contributed by atoms with Crippen molar-refractivity contribution in [3.05, 3.63) is 58.1 Å². The van der Waals surface area contributed by atoms with Crippen molar-refractivity contribution in [3.8, 4) is 0 Å². The van der Waals surface area contributed by atoms with Gasteiger partial charge >= 0.3 is 0 Å². The Balaban J connectivity index is 2.06. The third-order valence-electron chi connectivity index (χ3n) is 3.79. The Labute approximate surface area is 138 Å². The molecular weight excluding hydrogens is 316 g/mol. The molecule has 1 amide bonds. The van der Waals surface area contributed by atoms with Crippen LogP contribution in [0.3, 0.4) is 0 Å². The van der Waals surface area contributed by atoms with Gasteiger partial charge in [0.05, 0.1) is 10.2 Å². The second kappa shape index (κ2) is 6.15. The Hall–Kier alpha value is -1.78. The Kier molecular flexibility index (Phi) is 4.23. The smallest absolute Gasteiger partial charge is 0.270 e. The first-order valence-corrected chi connectivity index (χ1v) is 8.42. The van der Waals surface area contributed by atoms with E-state index in [9.17, 15) is 4.79 Å². The van der Waals surface area contributed by atoms with Crippen molar-refractivity contribution in [2.24, 2.45) is 0 Å². The van der Waals surface area contributed by atoms with E-state index in [-0.39, 0.29) is 5.91 Å². The van der Waals surface area contributed by atoms with E-state index >= 15 is 0 Å². The highest BCUT2D eigenvalue weighted by atomic mass is 35.5. The van der Waals surface area contributed by atoms with Crippen LogP contribution in [0.1, 0.15) is 23.0 Å². The lowest BCUT2D eigenvalue weighted by Gasteiger charge is -2.17. The summed E-state index contributed by atoms with van der Waals surface area (Å²) < 4.78 is 3.21. The lowest BCUT2D eigenvalue weighted by molar-refractivity contribution is 0.0793. The highest BCUT2D eigenvalue weighted by Crippen LogP contribution is 2.27. The SMILES string of the molecule is CCN(C)C(=O)c1cc2sccc2n1Cc1cccc(Cl)c1. The lowest BCUT2D eigenvalue weighted by atomic mass is 10.2. The molecule has 0 radical (unpaired) electrons. The Bertz CT molecular complexity index is 821. The quantitative estimate of drug-likeness (QED) is 0.690. The zero-order chi connectivity index (χ0) is 15.7. The van der Waals surface area contributed by atoms with E-state index in [1.54, 1.807) is 16.2 Å². The number of aromatic nitrogens is 1. The van der Waals surface area contributed by atoms with Crippen molar-refractivity contribution < 1.29 is 4.79 Å². The Morgan fingerprint density at radius 2 is 2.14 bits per heavy atom. The maximum atomic E-state index is 12.6. The highest BCUT2D eigenvalue weighted by molar-refractivity contribution is 7.17. The molecule has 114 valence electrons. The summed E-state index contributed by atoms with van der Waals surface area (Å²) in [5.41, 5.74) is 2.91. The zero-order valence-electron chi connectivity index (χ0n) is 12.5. The van der Waals surface area contributed by atoms with Crippen LogP contribution in [-0.2, 0) is 6.54 Å². The highest BCUT2D eigenvalue weighted by Gasteiger charge is 2.19. The molecule has 3 nitrogen and oxygen atoms in total. The zero-order valence-corrected chi connectivity index (χ0v) is 14.1. The number of rotatable bonds is 4. The van der Waals surface area contributed by atoms with Gasteiger partial charge in [-0.2, -0.15) is 0 Å². The predicted octanol–water partition coefficient (Wildman–Crippen LogP) is 4.50. The molecule has 0 aliphatic carbocycles. The summed E-state index contributed by atoms with van der Waals surface area (Å²) >= 11 is 7.73. The van der Waals surface area contributed by atoms with Gasteiger partial charge in [0.25, 0.3) is 5.91 Å². The van der Waals surface area contributed by atoms with Gasteiger partial charge in [0.15, 0.2) is 0 Å². The number of carbonyl (C=O) groups is 1. The molecule has 22 heavy (non-hydrogen) atoms. The van der Waals surface area contributed by atoms with Gasteiger partial charge < -0.3 is 9.47 Å². The van der Waals surface area contributed by atoms with Gasteiger partial charge in [-0.3, -0.25) is 4.79 Å². The maximum absolute atomic E-state index is 12.6. The minimum atomic E-state index is 0.0490. The summed E-state index contributed by atoms with van der Waals surface area (Å²) in [6.45, 7) is 3.30. The van der Waals surface area contributed by atoms with Crippen LogP contribution in [0.25, 0.3) is 10.2 Å². The molecule has 0 spiro atoms. The molecular formula is C17H17ClN2OS. The lowest BCUT2D eigenvalue weighted by Crippen LogP contribution is -2.28. The van der Waals surface area contributed by atoms with Crippen molar-refractivity contribution in [2.45, 2.75) is 13.5 Å². The number of benzene rings is 1. The molecule has 2 heterocycles. The van der Waals surface area contributed by atoms with Gasteiger partial charge in [-0.05, 0) is 42.1 Å². The van der Waals surface area contributed by atoms with E-state index in [4.69, 9.17) is 11.6 Å². The second-order valence-corrected chi connectivity index (χ2v) is 6.62. The van der Waals surface area contributed by atoms with Gasteiger partial charge in [-0.1, -0.05) is 23.7 Å². The average molecular weight is 333 g/mol. The van der Waals surface area contributed by atoms with Gasteiger partial charge in [-0.25, -0.2) is 0 Å². The molecule has 3 rings (SSSR count). The number of thiophene rings is 1. The normalized spacial score (nSPS) is 11.0. The topological polar surface area (TPSA) is 25.2 Å². The van der Waals surface area contributed by atoms with E-state index in [2.05, 4.69) is 16.0 Å². The van der Waals surface area contributed by atoms with Gasteiger partial charge in [0.2, 0.25) is 0 Å². The summed E-state index contributed by atoms with van der Waals surface area (Å²) in [6, 6.07) is 11.8. The van der Waals surface area contributed by atoms with Crippen molar-refractivity contribution in [3.63, 3.8) is 0 Å². The van der Waals surface area contributed by atoms with Crippen molar-refractivity contribution in [2.75, 3.05) is 13.6 Å². The Morgan fingerprint density at radius 1 is 1.32 bits per heavy atom. The fraction of sp³-hybridized carbons (Fsp3) is 0.235. The molecule has 5 heteroatoms. The van der Waals surface area contributed by atoms with Crippen LogP contribution in [0.2, 0.25) is 5.02 Å². The number of hydrogen-bond acceptors (Lipinski definition) is 2. The van der Waals surface area contributed by atoms with Crippen LogP contribution in [-0.4, -0.2) is 29.0 Å². The standard InChI is InChI=1S/C17H17ClN2OS/c1-3-19(2)17(21)15-10-16-14(7-8-22-16)20(15)11-12-5-4-6-13(18)9-12/h4-10H,3,11H2,1-2H3. The molecule has 0 N–H and O–H groups in total. The minimum Gasteiger partial charge on any atom is -0.341 e. The number of hydrogen-bond donors (Lipinski definition) is 0. The molecule has 0 bridgehead atoms. The number of amides is 1. The van der Waals surface area contributed by atoms with Gasteiger partial charge in [0.1, 0.15) is 5.69 Å². The van der Waals surface area contributed by atoms with Gasteiger partial charge in [-0.15, -0.1) is 11.3 Å². The fourth-order valence-corrected chi connectivity index (χ4v) is 3.52. The van der Waals surface area contributed by atoms with Crippen LogP contribution < -0.4 is 0 Å². The molecule has 0 saturated carbocycles. The monoisotopic (exact) mass is 332 g/mol. The van der Waals surface area contributed by atoms with Crippen molar-refractivity contribution >= 4 is 39.1 Å². The first-order chi connectivity index (χ1) is 10.6. The maximum Gasteiger partial charge on any atom is 0.270 e. The van der Waals surface area contributed by atoms with E-state index in [0.29, 0.717) is 18.1 Å². The molecule has 1 aromatic carbocycles. The third kappa shape index (κ3) is 2.76. The van der Waals surface area contributed by atoms with Crippen molar-refractivity contribution in [1.82, 2.24) is 9.47 Å². The fourth-order valence-electron chi connectivity index (χ4n) is 2.48. The Morgan fingerprint density at radius 3 is 2.86 bits per heavy atom. The van der Waals surface area contributed by atoms with Gasteiger partial charge in [0, 0.05) is 25.2 Å². The number of nitrogens with zero attached hydrogens (tertiary/aromatic N) is 2. The summed E-state index contributed by atoms with van der Waals surface area (Å²) in [5.74, 6) is 0.0490. The minimum absolute atomic E-state index is 0.0490. The molecule has 0 aliphatic heterocycles. The molecule has 0 saturated heterocycles. The molecule has 0 atom stereocenters. The molecule has 0 fully saturated rings. The number of carbonyl (C=O) groups excluding carboxylic acids is 1. The number of halogens is 1. The van der Waals surface area contributed by atoms with Crippen LogP contribution >= 0.6 is 22.9 Å². The van der Waals surface area contributed by atoms with Crippen LogP contribution in [0.5, 0.6) is 0 Å². The first-order valence-electron chi connectivity index (χ1n) is 7.16. The average Bonchev–Trinajstić information content (AvgIpc) is 3.08. The largest absolute Gasteiger partial charge is 0.341 e. The molecule has 3 aromatic rings. The van der Waals surface area contributed by atoms with E-state index in [1.165, 1.54) is 0 Å². The van der Waals surface area contributed by atoms with Crippen LogP contribution in [0.15, 0.2) is 41.8 Å². The molecule has 2 aromatic heterocycles. The first kappa shape index (κ1) is 15.1. The van der Waals surface area contributed by atoms with E-state index in [0.717, 1.165) is 21.5 Å².